The predicted octanol–water partition coefficient (Wildman–Crippen LogP) is 4.55. The predicted molar refractivity (Wildman–Crippen MR) is 104 cm³/mol. The summed E-state index contributed by atoms with van der Waals surface area (Å²) in [6.45, 7) is 2.17. The van der Waals surface area contributed by atoms with Crippen molar-refractivity contribution in [3.63, 3.8) is 0 Å². The normalized spacial score (nSPS) is 16.4. The number of Topliss-reactive ketones (excluding diaryl/α,β-unsaturated/α-hetero) is 1. The van der Waals surface area contributed by atoms with Gasteiger partial charge in [-0.1, -0.05) is 48.9 Å². The lowest BCUT2D eigenvalue weighted by Crippen LogP contribution is -2.35. The molecular weight excluding hydrogens is 308 g/mol. The van der Waals surface area contributed by atoms with Gasteiger partial charge in [0.2, 0.25) is 0 Å². The number of likely N-dealkylation sites (tertiary alicyclic amines) is 1. The van der Waals surface area contributed by atoms with Crippen LogP contribution in [0.5, 0.6) is 0 Å². The lowest BCUT2D eigenvalue weighted by Gasteiger charge is -2.35. The Labute approximate surface area is 151 Å². The third-order valence-electron chi connectivity index (χ3n) is 5.10. The highest BCUT2D eigenvalue weighted by Crippen LogP contribution is 2.30. The zero-order valence-corrected chi connectivity index (χ0v) is 15.3. The molecule has 1 heterocycles. The Balaban J connectivity index is 1.83. The van der Waals surface area contributed by atoms with E-state index in [1.165, 1.54) is 30.5 Å². The monoisotopic (exact) mass is 336 g/mol. The highest BCUT2D eigenvalue weighted by molar-refractivity contribution is 5.96. The largest absolute Gasteiger partial charge is 0.378 e. The van der Waals surface area contributed by atoms with Gasteiger partial charge in [-0.3, -0.25) is 9.69 Å². The van der Waals surface area contributed by atoms with Crippen LogP contribution in [-0.4, -0.2) is 37.9 Å². The molecule has 25 heavy (non-hydrogen) atoms. The molecule has 0 radical (unpaired) electrons. The number of piperidine rings is 1. The van der Waals surface area contributed by atoms with Crippen LogP contribution in [0.3, 0.4) is 0 Å². The lowest BCUT2D eigenvalue weighted by molar-refractivity contribution is 0.0895. The fourth-order valence-corrected chi connectivity index (χ4v) is 3.60. The van der Waals surface area contributed by atoms with Crippen molar-refractivity contribution in [1.29, 1.82) is 0 Å². The maximum absolute atomic E-state index is 12.8. The van der Waals surface area contributed by atoms with Crippen molar-refractivity contribution in [1.82, 2.24) is 4.90 Å². The van der Waals surface area contributed by atoms with E-state index in [-0.39, 0.29) is 11.8 Å². The molecule has 0 saturated carbocycles. The zero-order chi connectivity index (χ0) is 17.6. The number of hydrogen-bond acceptors (Lipinski definition) is 3. The second-order valence-corrected chi connectivity index (χ2v) is 7.09. The van der Waals surface area contributed by atoms with Gasteiger partial charge in [0.1, 0.15) is 0 Å². The number of hydrogen-bond donors (Lipinski definition) is 0. The summed E-state index contributed by atoms with van der Waals surface area (Å²) >= 11 is 0. The minimum atomic E-state index is 0.171. The van der Waals surface area contributed by atoms with E-state index in [0.29, 0.717) is 6.42 Å². The number of anilines is 1. The Morgan fingerprint density at radius 3 is 2.20 bits per heavy atom. The van der Waals surface area contributed by atoms with Crippen LogP contribution in [0, 0.1) is 0 Å². The van der Waals surface area contributed by atoms with Crippen molar-refractivity contribution in [2.75, 3.05) is 32.1 Å². The SMILES string of the molecule is CN(C)c1ccc(C(CC(=O)c2ccccc2)N2CCCCC2)cc1. The molecule has 0 spiro atoms. The van der Waals surface area contributed by atoms with Crippen LogP contribution in [0.25, 0.3) is 0 Å². The molecule has 2 aromatic rings. The van der Waals surface area contributed by atoms with Crippen molar-refractivity contribution in [2.24, 2.45) is 0 Å². The molecule has 1 aliphatic rings. The van der Waals surface area contributed by atoms with E-state index in [2.05, 4.69) is 48.2 Å². The fraction of sp³-hybridized carbons (Fsp3) is 0.409. The summed E-state index contributed by atoms with van der Waals surface area (Å²) in [6.07, 6.45) is 4.30. The van der Waals surface area contributed by atoms with Gasteiger partial charge in [-0.05, 0) is 43.6 Å². The highest BCUT2D eigenvalue weighted by atomic mass is 16.1. The third-order valence-corrected chi connectivity index (χ3v) is 5.10. The summed E-state index contributed by atoms with van der Waals surface area (Å²) in [5.41, 5.74) is 3.25. The summed E-state index contributed by atoms with van der Waals surface area (Å²) in [7, 11) is 4.10. The van der Waals surface area contributed by atoms with Crippen molar-refractivity contribution in [3.8, 4) is 0 Å². The van der Waals surface area contributed by atoms with E-state index in [4.69, 9.17) is 0 Å². The van der Waals surface area contributed by atoms with Crippen molar-refractivity contribution >= 4 is 11.5 Å². The molecule has 132 valence electrons. The molecule has 1 saturated heterocycles. The summed E-state index contributed by atoms with van der Waals surface area (Å²) in [6, 6.07) is 18.5. The Morgan fingerprint density at radius 2 is 1.60 bits per heavy atom. The highest BCUT2D eigenvalue weighted by Gasteiger charge is 2.25. The Morgan fingerprint density at radius 1 is 0.960 bits per heavy atom. The van der Waals surface area contributed by atoms with E-state index >= 15 is 0 Å². The zero-order valence-electron chi connectivity index (χ0n) is 15.3. The molecule has 1 atom stereocenters. The van der Waals surface area contributed by atoms with Crippen LogP contribution in [0.1, 0.15) is 47.6 Å². The van der Waals surface area contributed by atoms with E-state index in [1.54, 1.807) is 0 Å². The molecule has 3 heteroatoms. The van der Waals surface area contributed by atoms with Crippen LogP contribution in [-0.2, 0) is 0 Å². The molecule has 1 unspecified atom stereocenters. The van der Waals surface area contributed by atoms with Crippen molar-refractivity contribution in [3.05, 3.63) is 65.7 Å². The van der Waals surface area contributed by atoms with Gasteiger partial charge in [0.15, 0.2) is 5.78 Å². The van der Waals surface area contributed by atoms with Crippen molar-refractivity contribution in [2.45, 2.75) is 31.7 Å². The smallest absolute Gasteiger partial charge is 0.164 e. The minimum absolute atomic E-state index is 0.171. The topological polar surface area (TPSA) is 23.6 Å². The Kier molecular flexibility index (Phi) is 5.87. The van der Waals surface area contributed by atoms with Crippen LogP contribution in [0.15, 0.2) is 54.6 Å². The summed E-state index contributed by atoms with van der Waals surface area (Å²) in [4.78, 5) is 17.4. The number of ketones is 1. The first-order valence-corrected chi connectivity index (χ1v) is 9.25. The molecule has 0 bridgehead atoms. The molecule has 1 aliphatic heterocycles. The maximum atomic E-state index is 12.8. The summed E-state index contributed by atoms with van der Waals surface area (Å²) in [5, 5.41) is 0. The van der Waals surface area contributed by atoms with Gasteiger partial charge in [-0.15, -0.1) is 0 Å². The van der Waals surface area contributed by atoms with Crippen LogP contribution < -0.4 is 4.90 Å². The van der Waals surface area contributed by atoms with Crippen LogP contribution in [0.2, 0.25) is 0 Å². The number of benzene rings is 2. The first-order valence-electron chi connectivity index (χ1n) is 9.25. The fourth-order valence-electron chi connectivity index (χ4n) is 3.60. The first-order chi connectivity index (χ1) is 12.1. The number of rotatable bonds is 6. The molecule has 1 fully saturated rings. The minimum Gasteiger partial charge on any atom is -0.378 e. The molecule has 0 amide bonds. The Bertz CT molecular complexity index is 673. The molecule has 0 aromatic heterocycles. The van der Waals surface area contributed by atoms with E-state index < -0.39 is 0 Å². The van der Waals surface area contributed by atoms with Gasteiger partial charge in [-0.2, -0.15) is 0 Å². The quantitative estimate of drug-likeness (QED) is 0.723. The number of nitrogens with zero attached hydrogens (tertiary/aromatic N) is 2. The molecule has 3 nitrogen and oxygen atoms in total. The maximum Gasteiger partial charge on any atom is 0.164 e. The summed E-state index contributed by atoms with van der Waals surface area (Å²) < 4.78 is 0. The van der Waals surface area contributed by atoms with Gasteiger partial charge in [0.05, 0.1) is 0 Å². The van der Waals surface area contributed by atoms with E-state index in [1.807, 2.05) is 30.3 Å². The van der Waals surface area contributed by atoms with E-state index in [0.717, 1.165) is 18.7 Å². The molecule has 2 aromatic carbocycles. The summed E-state index contributed by atoms with van der Waals surface area (Å²) in [5.74, 6) is 0.229. The van der Waals surface area contributed by atoms with Gasteiger partial charge >= 0.3 is 0 Å². The number of carbonyl (C=O) groups is 1. The van der Waals surface area contributed by atoms with Crippen molar-refractivity contribution < 1.29 is 4.79 Å². The Hall–Kier alpha value is -2.13. The molecule has 0 N–H and O–H groups in total. The molecule has 0 aliphatic carbocycles. The van der Waals surface area contributed by atoms with Crippen LogP contribution >= 0.6 is 0 Å². The second kappa shape index (κ2) is 8.30. The van der Waals surface area contributed by atoms with Gasteiger partial charge in [-0.25, -0.2) is 0 Å². The standard InChI is InChI=1S/C22H28N2O/c1-23(2)20-13-11-18(12-14-20)21(24-15-7-4-8-16-24)17-22(25)19-9-5-3-6-10-19/h3,5-6,9-14,21H,4,7-8,15-17H2,1-2H3. The molecule has 3 rings (SSSR count). The molecular formula is C22H28N2O. The average molecular weight is 336 g/mol. The van der Waals surface area contributed by atoms with Gasteiger partial charge < -0.3 is 4.90 Å². The first kappa shape index (κ1) is 17.7. The lowest BCUT2D eigenvalue weighted by atomic mass is 9.94. The average Bonchev–Trinajstić information content (AvgIpc) is 2.67. The van der Waals surface area contributed by atoms with Gasteiger partial charge in [0, 0.05) is 37.8 Å². The van der Waals surface area contributed by atoms with Gasteiger partial charge in [0.25, 0.3) is 0 Å². The van der Waals surface area contributed by atoms with E-state index in [9.17, 15) is 4.79 Å². The number of carbonyl (C=O) groups excluding carboxylic acids is 1. The van der Waals surface area contributed by atoms with Crippen LogP contribution in [0.4, 0.5) is 5.69 Å². The third kappa shape index (κ3) is 4.49. The second-order valence-electron chi connectivity index (χ2n) is 7.09.